The van der Waals surface area contributed by atoms with E-state index in [0.29, 0.717) is 11.5 Å². The van der Waals surface area contributed by atoms with Crippen LogP contribution >= 0.6 is 15.9 Å². The number of halogens is 1. The number of hydrogen-bond acceptors (Lipinski definition) is 5. The molecule has 0 radical (unpaired) electrons. The van der Waals surface area contributed by atoms with Crippen molar-refractivity contribution < 1.29 is 19.4 Å². The predicted molar refractivity (Wildman–Crippen MR) is 90.0 cm³/mol. The summed E-state index contributed by atoms with van der Waals surface area (Å²) < 4.78 is 11.4. The molecule has 0 fully saturated rings. The fourth-order valence-electron chi connectivity index (χ4n) is 1.68. The van der Waals surface area contributed by atoms with E-state index in [2.05, 4.69) is 26.5 Å². The molecule has 0 saturated heterocycles. The lowest BCUT2D eigenvalue weighted by atomic mass is 10.2. The minimum Gasteiger partial charge on any atom is -0.508 e. The highest BCUT2D eigenvalue weighted by Crippen LogP contribution is 2.29. The summed E-state index contributed by atoms with van der Waals surface area (Å²) in [5.74, 6) is 0.765. The highest BCUT2D eigenvalue weighted by Gasteiger charge is 2.07. The van der Waals surface area contributed by atoms with Crippen molar-refractivity contribution in [2.45, 2.75) is 0 Å². The minimum absolute atomic E-state index is 0.169. The van der Waals surface area contributed by atoms with E-state index >= 15 is 0 Å². The van der Waals surface area contributed by atoms with E-state index in [9.17, 15) is 4.79 Å². The van der Waals surface area contributed by atoms with Gasteiger partial charge in [0.2, 0.25) is 0 Å². The number of rotatable bonds is 6. The van der Waals surface area contributed by atoms with E-state index in [1.54, 1.807) is 30.3 Å². The van der Waals surface area contributed by atoms with Crippen LogP contribution in [0.15, 0.2) is 52.0 Å². The molecule has 2 aromatic rings. The number of methoxy groups -OCH3 is 1. The van der Waals surface area contributed by atoms with Crippen LogP contribution in [0.3, 0.4) is 0 Å². The van der Waals surface area contributed by atoms with Gasteiger partial charge in [-0.2, -0.15) is 5.10 Å². The zero-order chi connectivity index (χ0) is 16.7. The average Bonchev–Trinajstić information content (AvgIpc) is 2.55. The smallest absolute Gasteiger partial charge is 0.277 e. The molecule has 0 saturated carbocycles. The van der Waals surface area contributed by atoms with Gasteiger partial charge in [-0.15, -0.1) is 0 Å². The summed E-state index contributed by atoms with van der Waals surface area (Å²) in [6, 6.07) is 11.7. The van der Waals surface area contributed by atoms with Crippen LogP contribution in [0.5, 0.6) is 17.2 Å². The highest BCUT2D eigenvalue weighted by atomic mass is 79.9. The SMILES string of the molecule is COc1cc(Br)ccc1OCC(=O)N/N=C\c1ccc(O)cc1. The first-order chi connectivity index (χ1) is 11.1. The number of carbonyl (C=O) groups is 1. The van der Waals surface area contributed by atoms with Gasteiger partial charge in [0, 0.05) is 4.47 Å². The molecule has 7 heteroatoms. The van der Waals surface area contributed by atoms with Crippen molar-refractivity contribution in [3.05, 3.63) is 52.5 Å². The lowest BCUT2D eigenvalue weighted by Gasteiger charge is -2.10. The molecule has 2 rings (SSSR count). The summed E-state index contributed by atoms with van der Waals surface area (Å²) in [7, 11) is 1.52. The topological polar surface area (TPSA) is 80.2 Å². The van der Waals surface area contributed by atoms with Crippen LogP contribution < -0.4 is 14.9 Å². The summed E-state index contributed by atoms with van der Waals surface area (Å²) in [4.78, 5) is 11.7. The second-order valence-electron chi connectivity index (χ2n) is 4.47. The van der Waals surface area contributed by atoms with Crippen LogP contribution in [0.4, 0.5) is 0 Å². The first-order valence-corrected chi connectivity index (χ1v) is 7.45. The summed E-state index contributed by atoms with van der Waals surface area (Å²) in [5.41, 5.74) is 3.11. The Kier molecular flexibility index (Phi) is 5.99. The third kappa shape index (κ3) is 5.30. The molecule has 2 aromatic carbocycles. The second-order valence-corrected chi connectivity index (χ2v) is 5.38. The number of benzene rings is 2. The fraction of sp³-hybridized carbons (Fsp3) is 0.125. The Morgan fingerprint density at radius 3 is 2.70 bits per heavy atom. The molecule has 6 nitrogen and oxygen atoms in total. The zero-order valence-corrected chi connectivity index (χ0v) is 13.9. The zero-order valence-electron chi connectivity index (χ0n) is 12.3. The van der Waals surface area contributed by atoms with Crippen molar-refractivity contribution in [2.24, 2.45) is 5.10 Å². The maximum atomic E-state index is 11.7. The normalized spacial score (nSPS) is 10.5. The molecule has 0 aromatic heterocycles. The Morgan fingerprint density at radius 1 is 1.26 bits per heavy atom. The summed E-state index contributed by atoms with van der Waals surface area (Å²) in [5, 5.41) is 13.0. The van der Waals surface area contributed by atoms with Crippen molar-refractivity contribution in [2.75, 3.05) is 13.7 Å². The van der Waals surface area contributed by atoms with E-state index < -0.39 is 5.91 Å². The van der Waals surface area contributed by atoms with Gasteiger partial charge < -0.3 is 14.6 Å². The number of nitrogens with one attached hydrogen (secondary N) is 1. The molecule has 0 spiro atoms. The van der Waals surface area contributed by atoms with Gasteiger partial charge in [0.05, 0.1) is 13.3 Å². The van der Waals surface area contributed by atoms with E-state index in [-0.39, 0.29) is 12.4 Å². The van der Waals surface area contributed by atoms with Gasteiger partial charge >= 0.3 is 0 Å². The van der Waals surface area contributed by atoms with E-state index in [1.807, 2.05) is 0 Å². The van der Waals surface area contributed by atoms with Crippen molar-refractivity contribution in [3.63, 3.8) is 0 Å². The number of hydrazone groups is 1. The van der Waals surface area contributed by atoms with Gasteiger partial charge in [0.1, 0.15) is 5.75 Å². The molecule has 0 aliphatic heterocycles. The first kappa shape index (κ1) is 16.8. The third-order valence-electron chi connectivity index (χ3n) is 2.78. The highest BCUT2D eigenvalue weighted by molar-refractivity contribution is 9.10. The molecule has 0 atom stereocenters. The monoisotopic (exact) mass is 378 g/mol. The molecule has 23 heavy (non-hydrogen) atoms. The van der Waals surface area contributed by atoms with Gasteiger partial charge in [-0.25, -0.2) is 5.43 Å². The van der Waals surface area contributed by atoms with Crippen LogP contribution in [-0.4, -0.2) is 30.9 Å². The van der Waals surface area contributed by atoms with Crippen LogP contribution in [0.1, 0.15) is 5.56 Å². The first-order valence-electron chi connectivity index (χ1n) is 6.66. The number of phenols is 1. The van der Waals surface area contributed by atoms with E-state index in [1.165, 1.54) is 25.5 Å². The molecular weight excluding hydrogens is 364 g/mol. The van der Waals surface area contributed by atoms with Crippen molar-refractivity contribution in [1.29, 1.82) is 0 Å². The standard InChI is InChI=1S/C16H15BrN2O4/c1-22-15-8-12(17)4-7-14(15)23-10-16(21)19-18-9-11-2-5-13(20)6-3-11/h2-9,20H,10H2,1H3,(H,19,21)/b18-9-. The number of aromatic hydroxyl groups is 1. The molecule has 0 aliphatic rings. The number of ether oxygens (including phenoxy) is 2. The number of nitrogens with zero attached hydrogens (tertiary/aromatic N) is 1. The Labute approximate surface area is 141 Å². The molecule has 0 aliphatic carbocycles. The number of hydrogen-bond donors (Lipinski definition) is 2. The average molecular weight is 379 g/mol. The molecule has 2 N–H and O–H groups in total. The molecule has 0 unspecified atom stereocenters. The quantitative estimate of drug-likeness (QED) is 0.598. The maximum Gasteiger partial charge on any atom is 0.277 e. The lowest BCUT2D eigenvalue weighted by molar-refractivity contribution is -0.123. The van der Waals surface area contributed by atoms with Crippen molar-refractivity contribution >= 4 is 28.1 Å². The molecule has 0 bridgehead atoms. The van der Waals surface area contributed by atoms with Crippen LogP contribution in [0, 0.1) is 0 Å². The molecule has 1 amide bonds. The lowest BCUT2D eigenvalue weighted by Crippen LogP contribution is -2.24. The Hall–Kier alpha value is -2.54. The second kappa shape index (κ2) is 8.19. The van der Waals surface area contributed by atoms with Crippen LogP contribution in [0.25, 0.3) is 0 Å². The molecule has 0 heterocycles. The van der Waals surface area contributed by atoms with Gasteiger partial charge in [0.15, 0.2) is 18.1 Å². The van der Waals surface area contributed by atoms with E-state index in [0.717, 1.165) is 10.0 Å². The van der Waals surface area contributed by atoms with Gasteiger partial charge in [-0.1, -0.05) is 15.9 Å². The molecular formula is C16H15BrN2O4. The number of carbonyl (C=O) groups excluding carboxylic acids is 1. The van der Waals surface area contributed by atoms with Gasteiger partial charge in [-0.3, -0.25) is 4.79 Å². The summed E-state index contributed by atoms with van der Waals surface area (Å²) >= 11 is 3.33. The van der Waals surface area contributed by atoms with Crippen LogP contribution in [-0.2, 0) is 4.79 Å². The predicted octanol–water partition coefficient (Wildman–Crippen LogP) is 2.69. The van der Waals surface area contributed by atoms with Crippen molar-refractivity contribution in [1.82, 2.24) is 5.43 Å². The van der Waals surface area contributed by atoms with Crippen molar-refractivity contribution in [3.8, 4) is 17.2 Å². The Morgan fingerprint density at radius 2 is 2.00 bits per heavy atom. The number of phenolic OH excluding ortho intramolecular Hbond substituents is 1. The Bertz CT molecular complexity index is 702. The van der Waals surface area contributed by atoms with E-state index in [4.69, 9.17) is 14.6 Å². The largest absolute Gasteiger partial charge is 0.508 e. The Balaban J connectivity index is 1.84. The summed E-state index contributed by atoms with van der Waals surface area (Å²) in [6.45, 7) is -0.190. The fourth-order valence-corrected chi connectivity index (χ4v) is 2.02. The maximum absolute atomic E-state index is 11.7. The third-order valence-corrected chi connectivity index (χ3v) is 3.27. The van der Waals surface area contributed by atoms with Gasteiger partial charge in [0.25, 0.3) is 5.91 Å². The minimum atomic E-state index is -0.398. The molecule has 120 valence electrons. The number of amides is 1. The summed E-state index contributed by atoms with van der Waals surface area (Å²) in [6.07, 6.45) is 1.47. The van der Waals surface area contributed by atoms with Crippen LogP contribution in [0.2, 0.25) is 0 Å². The van der Waals surface area contributed by atoms with Gasteiger partial charge in [-0.05, 0) is 48.0 Å².